The van der Waals surface area contributed by atoms with E-state index >= 15 is 0 Å². The van der Waals surface area contributed by atoms with Crippen molar-refractivity contribution in [1.29, 1.82) is 0 Å². The molecule has 0 aromatic carbocycles. The third kappa shape index (κ3) is 12.0. The maximum Gasteiger partial charge on any atom is -0.0386 e. The monoisotopic (exact) mass is 183 g/mol. The third-order valence-corrected chi connectivity index (χ3v) is 2.52. The molecule has 79 valence electrons. The van der Waals surface area contributed by atoms with Crippen LogP contribution in [0.15, 0.2) is 0 Å². The maximum atomic E-state index is 2.48. The van der Waals surface area contributed by atoms with Crippen molar-refractivity contribution in [2.45, 2.75) is 78.1 Å². The van der Waals surface area contributed by atoms with Crippen LogP contribution in [0.25, 0.3) is 0 Å². The average molecular weight is 183 g/mol. The van der Waals surface area contributed by atoms with Gasteiger partial charge >= 0.3 is 0 Å². The molecule has 0 fully saturated rings. The van der Waals surface area contributed by atoms with Crippen molar-refractivity contribution in [3.05, 3.63) is 6.42 Å². The van der Waals surface area contributed by atoms with Gasteiger partial charge in [0, 0.05) is 0 Å². The molecule has 0 spiro atoms. The highest BCUT2D eigenvalue weighted by Gasteiger charge is 1.91. The summed E-state index contributed by atoms with van der Waals surface area (Å²) >= 11 is 0. The van der Waals surface area contributed by atoms with Gasteiger partial charge in [-0.1, -0.05) is 78.1 Å². The summed E-state index contributed by atoms with van der Waals surface area (Å²) in [6, 6.07) is 0. The fourth-order valence-electron chi connectivity index (χ4n) is 1.56. The Hall–Kier alpha value is 0. The van der Waals surface area contributed by atoms with E-state index in [1.807, 2.05) is 0 Å². The molecular formula is C13H27. The molecule has 0 heteroatoms. The van der Waals surface area contributed by atoms with Gasteiger partial charge in [-0.3, -0.25) is 0 Å². The number of hydrogen-bond acceptors (Lipinski definition) is 0. The minimum absolute atomic E-state index is 1.34. The van der Waals surface area contributed by atoms with Gasteiger partial charge in [-0.25, -0.2) is 0 Å². The van der Waals surface area contributed by atoms with E-state index in [9.17, 15) is 0 Å². The number of hydrogen-bond donors (Lipinski definition) is 0. The van der Waals surface area contributed by atoms with Crippen LogP contribution in [0.3, 0.4) is 0 Å². The molecule has 0 aromatic heterocycles. The van der Waals surface area contributed by atoms with Gasteiger partial charge in [-0.05, 0) is 6.42 Å². The van der Waals surface area contributed by atoms with Gasteiger partial charge in [0.2, 0.25) is 0 Å². The Morgan fingerprint density at radius 3 is 1.85 bits per heavy atom. The lowest BCUT2D eigenvalue weighted by Crippen LogP contribution is -1.81. The predicted octanol–water partition coefficient (Wildman–Crippen LogP) is 5.13. The van der Waals surface area contributed by atoms with E-state index in [-0.39, 0.29) is 0 Å². The predicted molar refractivity (Wildman–Crippen MR) is 61.8 cm³/mol. The van der Waals surface area contributed by atoms with Gasteiger partial charge in [0.25, 0.3) is 0 Å². The van der Waals surface area contributed by atoms with E-state index in [2.05, 4.69) is 20.3 Å². The lowest BCUT2D eigenvalue weighted by atomic mass is 10.1. The zero-order valence-electron chi connectivity index (χ0n) is 9.65. The van der Waals surface area contributed by atoms with Crippen LogP contribution in [-0.2, 0) is 0 Å². The van der Waals surface area contributed by atoms with Crippen molar-refractivity contribution in [2.24, 2.45) is 0 Å². The molecule has 0 saturated carbocycles. The first-order valence-electron chi connectivity index (χ1n) is 6.23. The molecule has 0 atom stereocenters. The normalized spacial score (nSPS) is 10.6. The molecule has 0 bridgehead atoms. The SMILES string of the molecule is CCCC[CH]CCCCCCCC. The first-order valence-corrected chi connectivity index (χ1v) is 6.23. The Balaban J connectivity index is 2.76. The van der Waals surface area contributed by atoms with Crippen molar-refractivity contribution in [3.8, 4) is 0 Å². The first kappa shape index (κ1) is 13.0. The highest BCUT2D eigenvalue weighted by Crippen LogP contribution is 2.10. The van der Waals surface area contributed by atoms with E-state index in [0.717, 1.165) is 0 Å². The standard InChI is InChI=1S/C13H27/c1-3-5-7-9-11-13-12-10-8-6-4-2/h9H,3-8,10-13H2,1-2H3. The number of unbranched alkanes of at least 4 members (excludes halogenated alkanes) is 10. The van der Waals surface area contributed by atoms with Gasteiger partial charge in [0.05, 0.1) is 0 Å². The molecule has 13 heavy (non-hydrogen) atoms. The number of rotatable bonds is 10. The van der Waals surface area contributed by atoms with Gasteiger partial charge < -0.3 is 0 Å². The van der Waals surface area contributed by atoms with E-state index in [0.29, 0.717) is 0 Å². The Labute approximate surface area is 85.1 Å². The summed E-state index contributed by atoms with van der Waals surface area (Å²) in [5.74, 6) is 0. The second-order valence-corrected chi connectivity index (χ2v) is 3.99. The summed E-state index contributed by atoms with van der Waals surface area (Å²) in [6.07, 6.45) is 16.5. The molecule has 0 unspecified atom stereocenters. The minimum atomic E-state index is 1.34. The van der Waals surface area contributed by atoms with E-state index in [1.54, 1.807) is 0 Å². The Kier molecular flexibility index (Phi) is 12.0. The smallest absolute Gasteiger partial charge is 0.0386 e. The molecule has 0 N–H and O–H groups in total. The Morgan fingerprint density at radius 2 is 1.15 bits per heavy atom. The molecule has 0 aliphatic carbocycles. The largest absolute Gasteiger partial charge is 0.0654 e. The van der Waals surface area contributed by atoms with Gasteiger partial charge in [0.1, 0.15) is 0 Å². The zero-order chi connectivity index (χ0) is 9.78. The van der Waals surface area contributed by atoms with Gasteiger partial charge in [0.15, 0.2) is 0 Å². The van der Waals surface area contributed by atoms with Crippen molar-refractivity contribution in [1.82, 2.24) is 0 Å². The molecule has 0 saturated heterocycles. The maximum absolute atomic E-state index is 2.48. The summed E-state index contributed by atoms with van der Waals surface area (Å²) in [6.45, 7) is 4.54. The van der Waals surface area contributed by atoms with Crippen molar-refractivity contribution >= 4 is 0 Å². The van der Waals surface area contributed by atoms with Crippen LogP contribution in [0.5, 0.6) is 0 Å². The van der Waals surface area contributed by atoms with Gasteiger partial charge in [-0.2, -0.15) is 0 Å². The third-order valence-electron chi connectivity index (χ3n) is 2.52. The van der Waals surface area contributed by atoms with E-state index in [4.69, 9.17) is 0 Å². The minimum Gasteiger partial charge on any atom is -0.0654 e. The fraction of sp³-hybridized carbons (Fsp3) is 0.923. The summed E-state index contributed by atoms with van der Waals surface area (Å²) < 4.78 is 0. The van der Waals surface area contributed by atoms with Gasteiger partial charge in [-0.15, -0.1) is 0 Å². The summed E-state index contributed by atoms with van der Waals surface area (Å²) in [4.78, 5) is 0. The fourth-order valence-corrected chi connectivity index (χ4v) is 1.56. The second kappa shape index (κ2) is 12.0. The van der Waals surface area contributed by atoms with E-state index in [1.165, 1.54) is 64.2 Å². The Morgan fingerprint density at radius 1 is 0.615 bits per heavy atom. The molecule has 1 radical (unpaired) electrons. The molecule has 0 amide bonds. The molecular weight excluding hydrogens is 156 g/mol. The highest BCUT2D eigenvalue weighted by atomic mass is 14.0. The van der Waals surface area contributed by atoms with Crippen LogP contribution >= 0.6 is 0 Å². The Bertz CT molecular complexity index is 66.1. The van der Waals surface area contributed by atoms with Crippen LogP contribution in [0.4, 0.5) is 0 Å². The van der Waals surface area contributed by atoms with Crippen molar-refractivity contribution in [2.75, 3.05) is 0 Å². The molecule has 0 aliphatic heterocycles. The summed E-state index contributed by atoms with van der Waals surface area (Å²) in [5.41, 5.74) is 0. The molecule has 0 aliphatic rings. The average Bonchev–Trinajstić information content (AvgIpc) is 2.16. The summed E-state index contributed by atoms with van der Waals surface area (Å²) in [7, 11) is 0. The first-order chi connectivity index (χ1) is 6.41. The van der Waals surface area contributed by atoms with Crippen LogP contribution in [-0.4, -0.2) is 0 Å². The van der Waals surface area contributed by atoms with E-state index < -0.39 is 0 Å². The van der Waals surface area contributed by atoms with Crippen LogP contribution in [0.2, 0.25) is 0 Å². The summed E-state index contributed by atoms with van der Waals surface area (Å²) in [5, 5.41) is 0. The molecule has 0 nitrogen and oxygen atoms in total. The van der Waals surface area contributed by atoms with Crippen LogP contribution < -0.4 is 0 Å². The topological polar surface area (TPSA) is 0 Å². The molecule has 0 aromatic rings. The van der Waals surface area contributed by atoms with Crippen LogP contribution in [0, 0.1) is 6.42 Å². The van der Waals surface area contributed by atoms with Crippen LogP contribution in [0.1, 0.15) is 78.1 Å². The quantitative estimate of drug-likeness (QED) is 0.412. The van der Waals surface area contributed by atoms with Crippen molar-refractivity contribution < 1.29 is 0 Å². The lowest BCUT2D eigenvalue weighted by Gasteiger charge is -2.00. The molecule has 0 rings (SSSR count). The molecule has 0 heterocycles. The zero-order valence-corrected chi connectivity index (χ0v) is 9.65. The lowest BCUT2D eigenvalue weighted by molar-refractivity contribution is 0.597. The highest BCUT2D eigenvalue weighted by molar-refractivity contribution is 4.63. The second-order valence-electron chi connectivity index (χ2n) is 3.99. The van der Waals surface area contributed by atoms with Crippen molar-refractivity contribution in [3.63, 3.8) is 0 Å².